The predicted octanol–water partition coefficient (Wildman–Crippen LogP) is 2.79. The van der Waals surface area contributed by atoms with E-state index >= 15 is 0 Å². The molecule has 0 aliphatic heterocycles. The molecule has 2 heterocycles. The van der Waals surface area contributed by atoms with Gasteiger partial charge >= 0.3 is 0 Å². The van der Waals surface area contributed by atoms with Crippen molar-refractivity contribution in [2.45, 2.75) is 0 Å². The van der Waals surface area contributed by atoms with E-state index in [9.17, 15) is 10.1 Å². The maximum absolute atomic E-state index is 11.1. The second-order valence-electron chi connectivity index (χ2n) is 4.28. The molecule has 6 heteroatoms. The van der Waals surface area contributed by atoms with Crippen molar-refractivity contribution in [1.82, 2.24) is 9.97 Å². The molecule has 98 valence electrons. The lowest BCUT2D eigenvalue weighted by Crippen LogP contribution is -1.98. The van der Waals surface area contributed by atoms with Crippen LogP contribution in [-0.2, 0) is 0 Å². The van der Waals surface area contributed by atoms with Gasteiger partial charge in [0.2, 0.25) is 0 Å². The summed E-state index contributed by atoms with van der Waals surface area (Å²) < 4.78 is 0. The Hall–Kier alpha value is -3.02. The van der Waals surface area contributed by atoms with Crippen LogP contribution >= 0.6 is 0 Å². The Kier molecular flexibility index (Phi) is 2.76. The number of nitro groups is 1. The number of hydrogen-bond acceptors (Lipinski definition) is 5. The summed E-state index contributed by atoms with van der Waals surface area (Å²) in [4.78, 5) is 19.0. The summed E-state index contributed by atoms with van der Waals surface area (Å²) in [5.41, 5.74) is 7.16. The summed E-state index contributed by atoms with van der Waals surface area (Å²) >= 11 is 0. The Morgan fingerprint density at radius 3 is 2.75 bits per heavy atom. The molecule has 3 rings (SSSR count). The third-order valence-electron chi connectivity index (χ3n) is 2.96. The van der Waals surface area contributed by atoms with Gasteiger partial charge in [0, 0.05) is 23.2 Å². The maximum atomic E-state index is 11.1. The highest BCUT2D eigenvalue weighted by molar-refractivity contribution is 5.84. The molecule has 0 fully saturated rings. The lowest BCUT2D eigenvalue weighted by molar-refractivity contribution is -0.384. The van der Waals surface area contributed by atoms with Gasteiger partial charge in [-0.25, -0.2) is 4.98 Å². The van der Waals surface area contributed by atoms with E-state index in [0.717, 1.165) is 10.9 Å². The second-order valence-corrected chi connectivity index (χ2v) is 4.28. The fourth-order valence-corrected chi connectivity index (χ4v) is 2.03. The summed E-state index contributed by atoms with van der Waals surface area (Å²) in [5, 5.41) is 12.0. The largest absolute Gasteiger partial charge is 0.384 e. The molecule has 20 heavy (non-hydrogen) atoms. The minimum atomic E-state index is -0.475. The van der Waals surface area contributed by atoms with Crippen LogP contribution in [0.15, 0.2) is 48.7 Å². The quantitative estimate of drug-likeness (QED) is 0.568. The van der Waals surface area contributed by atoms with Gasteiger partial charge in [-0.15, -0.1) is 0 Å². The van der Waals surface area contributed by atoms with E-state index in [2.05, 4.69) is 9.97 Å². The highest BCUT2D eigenvalue weighted by Gasteiger charge is 2.17. The van der Waals surface area contributed by atoms with Gasteiger partial charge in [0.25, 0.3) is 5.69 Å². The molecule has 0 aliphatic carbocycles. The van der Waals surface area contributed by atoms with E-state index < -0.39 is 4.92 Å². The molecule has 2 N–H and O–H groups in total. The van der Waals surface area contributed by atoms with Gasteiger partial charge in [-0.2, -0.15) is 0 Å². The zero-order valence-corrected chi connectivity index (χ0v) is 10.4. The van der Waals surface area contributed by atoms with Crippen molar-refractivity contribution in [3.05, 3.63) is 58.8 Å². The van der Waals surface area contributed by atoms with Gasteiger partial charge in [0.1, 0.15) is 5.82 Å². The number of nitrogen functional groups attached to an aromatic ring is 1. The number of nitrogens with two attached hydrogens (primary N) is 1. The monoisotopic (exact) mass is 266 g/mol. The van der Waals surface area contributed by atoms with Gasteiger partial charge in [-0.1, -0.05) is 18.2 Å². The summed E-state index contributed by atoms with van der Waals surface area (Å²) in [7, 11) is 0. The average molecular weight is 266 g/mol. The minimum Gasteiger partial charge on any atom is -0.384 e. The van der Waals surface area contributed by atoms with Crippen LogP contribution < -0.4 is 5.73 Å². The Balaban J connectivity index is 2.24. The number of aromatic nitrogens is 2. The smallest absolute Gasteiger partial charge is 0.295 e. The molecule has 0 radical (unpaired) electrons. The molecule has 0 atom stereocenters. The molecule has 0 amide bonds. The highest BCUT2D eigenvalue weighted by Crippen LogP contribution is 2.29. The normalized spacial score (nSPS) is 10.6. The van der Waals surface area contributed by atoms with Gasteiger partial charge in [-0.3, -0.25) is 15.1 Å². The summed E-state index contributed by atoms with van der Waals surface area (Å²) in [6.45, 7) is 0. The zero-order chi connectivity index (χ0) is 14.1. The average Bonchev–Trinajstić information content (AvgIpc) is 2.46. The van der Waals surface area contributed by atoms with Crippen molar-refractivity contribution in [3.63, 3.8) is 0 Å². The molecule has 0 bridgehead atoms. The Morgan fingerprint density at radius 1 is 1.15 bits per heavy atom. The second kappa shape index (κ2) is 4.58. The van der Waals surface area contributed by atoms with Crippen LogP contribution in [0.3, 0.4) is 0 Å². The lowest BCUT2D eigenvalue weighted by atomic mass is 10.1. The van der Waals surface area contributed by atoms with Gasteiger partial charge in [0.15, 0.2) is 5.69 Å². The van der Waals surface area contributed by atoms with E-state index in [4.69, 9.17) is 5.73 Å². The first-order chi connectivity index (χ1) is 9.65. The number of anilines is 1. The van der Waals surface area contributed by atoms with Crippen molar-refractivity contribution < 1.29 is 4.92 Å². The van der Waals surface area contributed by atoms with E-state index in [1.807, 2.05) is 30.3 Å². The predicted molar refractivity (Wildman–Crippen MR) is 76.0 cm³/mol. The number of benzene rings is 1. The summed E-state index contributed by atoms with van der Waals surface area (Å²) in [5.74, 6) is 0.235. The van der Waals surface area contributed by atoms with Gasteiger partial charge in [0.05, 0.1) is 10.4 Å². The molecule has 2 aromatic heterocycles. The standard InChI is InChI=1S/C14H10N4O2/c15-13-6-5-12(18(19)20)14(17-13)10-7-9-3-1-2-4-11(9)16-8-10/h1-8H,(H2,15,17). The Labute approximate surface area is 114 Å². The molecule has 6 nitrogen and oxygen atoms in total. The maximum Gasteiger partial charge on any atom is 0.295 e. The number of hydrogen-bond donors (Lipinski definition) is 1. The number of rotatable bonds is 2. The Bertz CT molecular complexity index is 817. The Morgan fingerprint density at radius 2 is 1.95 bits per heavy atom. The van der Waals surface area contributed by atoms with Crippen molar-refractivity contribution >= 4 is 22.4 Å². The molecule has 0 unspecified atom stereocenters. The molecular formula is C14H10N4O2. The van der Waals surface area contributed by atoms with Crippen molar-refractivity contribution in [1.29, 1.82) is 0 Å². The first-order valence-corrected chi connectivity index (χ1v) is 5.91. The third-order valence-corrected chi connectivity index (χ3v) is 2.96. The van der Waals surface area contributed by atoms with Crippen molar-refractivity contribution in [3.8, 4) is 11.3 Å². The molecular weight excluding hydrogens is 256 g/mol. The van der Waals surface area contributed by atoms with Gasteiger partial charge in [-0.05, 0) is 18.2 Å². The zero-order valence-electron chi connectivity index (χ0n) is 10.4. The van der Waals surface area contributed by atoms with E-state index in [0.29, 0.717) is 5.56 Å². The first kappa shape index (κ1) is 12.0. The van der Waals surface area contributed by atoms with Crippen LogP contribution in [0, 0.1) is 10.1 Å². The number of fused-ring (bicyclic) bond motifs is 1. The molecule has 1 aromatic carbocycles. The van der Waals surface area contributed by atoms with Crippen molar-refractivity contribution in [2.75, 3.05) is 5.73 Å². The van der Waals surface area contributed by atoms with Crippen molar-refractivity contribution in [2.24, 2.45) is 0 Å². The van der Waals surface area contributed by atoms with Crippen LogP contribution in [0.2, 0.25) is 0 Å². The van der Waals surface area contributed by atoms with Crippen LogP contribution in [0.5, 0.6) is 0 Å². The molecule has 0 spiro atoms. The summed E-state index contributed by atoms with van der Waals surface area (Å²) in [6.07, 6.45) is 1.57. The van der Waals surface area contributed by atoms with Crippen LogP contribution in [-0.4, -0.2) is 14.9 Å². The van der Waals surface area contributed by atoms with Crippen LogP contribution in [0.25, 0.3) is 22.2 Å². The lowest BCUT2D eigenvalue weighted by Gasteiger charge is -2.04. The fraction of sp³-hybridized carbons (Fsp3) is 0. The third kappa shape index (κ3) is 2.03. The number of para-hydroxylation sites is 1. The molecule has 0 saturated carbocycles. The van der Waals surface area contributed by atoms with E-state index in [1.165, 1.54) is 12.1 Å². The first-order valence-electron chi connectivity index (χ1n) is 5.91. The van der Waals surface area contributed by atoms with Gasteiger partial charge < -0.3 is 5.73 Å². The SMILES string of the molecule is Nc1ccc([N+](=O)[O-])c(-c2cnc3ccccc3c2)n1. The van der Waals surface area contributed by atoms with Crippen LogP contribution in [0.1, 0.15) is 0 Å². The molecule has 0 saturated heterocycles. The highest BCUT2D eigenvalue weighted by atomic mass is 16.6. The fourth-order valence-electron chi connectivity index (χ4n) is 2.03. The summed E-state index contributed by atoms with van der Waals surface area (Å²) in [6, 6.07) is 12.1. The molecule has 3 aromatic rings. The number of pyridine rings is 2. The topological polar surface area (TPSA) is 94.9 Å². The minimum absolute atomic E-state index is 0.0868. The van der Waals surface area contributed by atoms with E-state index in [1.54, 1.807) is 6.20 Å². The molecule has 0 aliphatic rings. The number of nitrogens with zero attached hydrogens (tertiary/aromatic N) is 3. The van der Waals surface area contributed by atoms with E-state index in [-0.39, 0.29) is 17.2 Å². The van der Waals surface area contributed by atoms with Crippen LogP contribution in [0.4, 0.5) is 11.5 Å².